The second-order valence-electron chi connectivity index (χ2n) is 11.1. The molecule has 3 atom stereocenters. The lowest BCUT2D eigenvalue weighted by molar-refractivity contribution is -0.154. The molecule has 0 radical (unpaired) electrons. The van der Waals surface area contributed by atoms with E-state index < -0.39 is 42.0 Å². The molecule has 2 N–H and O–H groups in total. The molecular formula is C29H34O7SSi. The number of hydrogen-bond donors (Lipinski definition) is 2. The van der Waals surface area contributed by atoms with Crippen molar-refractivity contribution in [3.63, 3.8) is 0 Å². The van der Waals surface area contributed by atoms with Crippen molar-refractivity contribution in [2.24, 2.45) is 0 Å². The molecule has 202 valence electrons. The van der Waals surface area contributed by atoms with Crippen LogP contribution in [0.5, 0.6) is 0 Å². The molecule has 7 nitrogen and oxygen atoms in total. The van der Waals surface area contributed by atoms with Crippen LogP contribution in [0, 0.1) is 6.92 Å². The number of esters is 1. The summed E-state index contributed by atoms with van der Waals surface area (Å²) in [4.78, 5) is 12.5. The molecule has 0 bridgehead atoms. The third kappa shape index (κ3) is 4.96. The van der Waals surface area contributed by atoms with Crippen molar-refractivity contribution in [1.82, 2.24) is 0 Å². The number of carbonyl (C=O) groups excluding carboxylic acids is 1. The number of hydrogen-bond acceptors (Lipinski definition) is 6. The molecule has 0 aromatic heterocycles. The van der Waals surface area contributed by atoms with E-state index in [0.717, 1.165) is 10.4 Å². The minimum atomic E-state index is -4.64. The Labute approximate surface area is 225 Å². The Morgan fingerprint density at radius 2 is 1.50 bits per heavy atom. The molecule has 3 aromatic carbocycles. The van der Waals surface area contributed by atoms with Crippen LogP contribution in [0.4, 0.5) is 0 Å². The number of aliphatic hydroxyl groups is 1. The number of ether oxygens (including phenoxy) is 1. The van der Waals surface area contributed by atoms with Crippen LogP contribution < -0.4 is 10.4 Å². The molecule has 0 aliphatic carbocycles. The molecule has 1 aliphatic heterocycles. The topological polar surface area (TPSA) is 110 Å². The Balaban J connectivity index is 1.85. The zero-order valence-corrected chi connectivity index (χ0v) is 24.0. The van der Waals surface area contributed by atoms with Gasteiger partial charge in [-0.25, -0.2) is 4.79 Å². The largest absolute Gasteiger partial charge is 0.457 e. The average molecular weight is 555 g/mol. The normalized spacial score (nSPS) is 22.3. The molecular weight excluding hydrogens is 520 g/mol. The molecule has 1 heterocycles. The smallest absolute Gasteiger partial charge is 0.339 e. The Bertz CT molecular complexity index is 1370. The van der Waals surface area contributed by atoms with Gasteiger partial charge in [0.1, 0.15) is 6.10 Å². The first-order valence-corrected chi connectivity index (χ1v) is 15.8. The number of aryl methyl sites for hydroxylation is 1. The van der Waals surface area contributed by atoms with E-state index in [0.29, 0.717) is 5.56 Å². The van der Waals surface area contributed by atoms with Crippen LogP contribution in [-0.4, -0.2) is 50.7 Å². The van der Waals surface area contributed by atoms with Crippen molar-refractivity contribution in [2.45, 2.75) is 62.2 Å². The van der Waals surface area contributed by atoms with Gasteiger partial charge in [-0.15, -0.1) is 0 Å². The van der Waals surface area contributed by atoms with E-state index in [1.165, 1.54) is 13.0 Å². The third-order valence-corrected chi connectivity index (χ3v) is 13.2. The Hall–Kier alpha value is -2.82. The van der Waals surface area contributed by atoms with Gasteiger partial charge in [0.2, 0.25) is 0 Å². The molecule has 3 aromatic rings. The summed E-state index contributed by atoms with van der Waals surface area (Å²) in [6, 6.07) is 24.3. The van der Waals surface area contributed by atoms with Crippen LogP contribution >= 0.6 is 0 Å². The average Bonchev–Trinajstić information content (AvgIpc) is 3.06. The molecule has 1 fully saturated rings. The standard InChI is InChI=1S/C29H34O7SSi/c1-20-16-17-25(37(32,33)34)23(18-20)26-24(36-27(30)29(26,5)31)19-35-38(28(2,3)4,21-12-8-6-9-13-21)22-14-10-7-11-15-22/h6-18,24,26,31H,19H2,1-5H3,(H,32,33,34). The van der Waals surface area contributed by atoms with Crippen LogP contribution in [0.3, 0.4) is 0 Å². The summed E-state index contributed by atoms with van der Waals surface area (Å²) in [5.74, 6) is -1.97. The molecule has 4 rings (SSSR count). The summed E-state index contributed by atoms with van der Waals surface area (Å²) in [7, 11) is -7.66. The summed E-state index contributed by atoms with van der Waals surface area (Å²) in [6.45, 7) is 9.33. The number of cyclic esters (lactones) is 1. The minimum absolute atomic E-state index is 0.0846. The summed E-state index contributed by atoms with van der Waals surface area (Å²) in [5, 5.41) is 13.0. The van der Waals surface area contributed by atoms with E-state index in [9.17, 15) is 22.9 Å². The fraction of sp³-hybridized carbons (Fsp3) is 0.345. The number of carbonyl (C=O) groups is 1. The summed E-state index contributed by atoms with van der Waals surface area (Å²) in [6.07, 6.45) is -0.999. The monoisotopic (exact) mass is 554 g/mol. The van der Waals surface area contributed by atoms with Crippen LogP contribution in [0.15, 0.2) is 83.8 Å². The van der Waals surface area contributed by atoms with Gasteiger partial charge in [0.15, 0.2) is 5.60 Å². The summed E-state index contributed by atoms with van der Waals surface area (Å²) in [5.41, 5.74) is -1.22. The molecule has 38 heavy (non-hydrogen) atoms. The van der Waals surface area contributed by atoms with Crippen molar-refractivity contribution in [2.75, 3.05) is 6.61 Å². The predicted molar refractivity (Wildman–Crippen MR) is 148 cm³/mol. The van der Waals surface area contributed by atoms with E-state index in [1.807, 2.05) is 60.7 Å². The van der Waals surface area contributed by atoms with Gasteiger partial charge in [0.05, 0.1) is 17.4 Å². The van der Waals surface area contributed by atoms with E-state index in [4.69, 9.17) is 9.16 Å². The SMILES string of the molecule is Cc1ccc(S(=O)(=O)O)c(C2C(CO[Si](c3ccccc3)(c3ccccc3)C(C)(C)C)OC(=O)C2(C)O)c1. The molecule has 9 heteroatoms. The lowest BCUT2D eigenvalue weighted by Gasteiger charge is -2.43. The first-order valence-electron chi connectivity index (χ1n) is 12.5. The van der Waals surface area contributed by atoms with Crippen LogP contribution in [0.1, 0.15) is 44.7 Å². The molecule has 0 spiro atoms. The molecule has 0 saturated carbocycles. The minimum Gasteiger partial charge on any atom is -0.457 e. The highest BCUT2D eigenvalue weighted by atomic mass is 32.2. The highest BCUT2D eigenvalue weighted by Crippen LogP contribution is 2.44. The first kappa shape index (κ1) is 28.2. The van der Waals surface area contributed by atoms with Crippen molar-refractivity contribution < 1.29 is 32.0 Å². The third-order valence-electron chi connectivity index (χ3n) is 7.31. The van der Waals surface area contributed by atoms with E-state index >= 15 is 0 Å². The van der Waals surface area contributed by atoms with Crippen LogP contribution in [0.2, 0.25) is 5.04 Å². The van der Waals surface area contributed by atoms with Gasteiger partial charge in [-0.2, -0.15) is 8.42 Å². The zero-order valence-electron chi connectivity index (χ0n) is 22.2. The predicted octanol–water partition coefficient (Wildman–Crippen LogP) is 3.58. The highest BCUT2D eigenvalue weighted by molar-refractivity contribution is 7.85. The highest BCUT2D eigenvalue weighted by Gasteiger charge is 2.57. The van der Waals surface area contributed by atoms with Gasteiger partial charge < -0.3 is 14.3 Å². The summed E-state index contributed by atoms with van der Waals surface area (Å²) < 4.78 is 47.1. The lowest BCUT2D eigenvalue weighted by Crippen LogP contribution is -2.67. The molecule has 3 unspecified atom stereocenters. The summed E-state index contributed by atoms with van der Waals surface area (Å²) >= 11 is 0. The lowest BCUT2D eigenvalue weighted by atomic mass is 9.81. The zero-order chi connectivity index (χ0) is 27.9. The van der Waals surface area contributed by atoms with E-state index in [1.54, 1.807) is 19.1 Å². The maximum Gasteiger partial charge on any atom is 0.339 e. The second-order valence-corrected chi connectivity index (χ2v) is 16.8. The van der Waals surface area contributed by atoms with Crippen molar-refractivity contribution in [3.05, 3.63) is 90.0 Å². The van der Waals surface area contributed by atoms with Gasteiger partial charge in [-0.3, -0.25) is 4.55 Å². The van der Waals surface area contributed by atoms with Gasteiger partial charge in [-0.1, -0.05) is 99.1 Å². The molecule has 1 aliphatic rings. The second kappa shape index (κ2) is 10.1. The number of rotatable bonds is 7. The van der Waals surface area contributed by atoms with Gasteiger partial charge in [0.25, 0.3) is 18.4 Å². The quantitative estimate of drug-likeness (QED) is 0.261. The number of benzene rings is 3. The van der Waals surface area contributed by atoms with E-state index in [-0.39, 0.29) is 22.1 Å². The van der Waals surface area contributed by atoms with Crippen molar-refractivity contribution >= 4 is 34.8 Å². The molecule has 0 amide bonds. The maximum atomic E-state index is 12.9. The van der Waals surface area contributed by atoms with Gasteiger partial charge in [0, 0.05) is 0 Å². The van der Waals surface area contributed by atoms with E-state index in [2.05, 4.69) is 20.8 Å². The Kier molecular flexibility index (Phi) is 7.46. The first-order chi connectivity index (χ1) is 17.7. The Morgan fingerprint density at radius 3 is 1.97 bits per heavy atom. The Morgan fingerprint density at radius 1 is 0.974 bits per heavy atom. The van der Waals surface area contributed by atoms with Crippen LogP contribution in [0.25, 0.3) is 0 Å². The van der Waals surface area contributed by atoms with Crippen molar-refractivity contribution in [1.29, 1.82) is 0 Å². The van der Waals surface area contributed by atoms with Crippen LogP contribution in [-0.2, 0) is 24.1 Å². The molecule has 1 saturated heterocycles. The fourth-order valence-electron chi connectivity index (χ4n) is 5.56. The maximum absolute atomic E-state index is 12.9. The van der Waals surface area contributed by atoms with Crippen molar-refractivity contribution in [3.8, 4) is 0 Å². The van der Waals surface area contributed by atoms with Gasteiger partial charge >= 0.3 is 5.97 Å². The van der Waals surface area contributed by atoms with Gasteiger partial charge in [-0.05, 0) is 40.9 Å². The fourth-order valence-corrected chi connectivity index (χ4v) is 10.9.